The van der Waals surface area contributed by atoms with Gasteiger partial charge < -0.3 is 10.2 Å². The number of aryl methyl sites for hydroxylation is 1. The Balaban J connectivity index is 1.20. The number of carbonyl (C=O) groups is 2. The fraction of sp³-hybridized carbons (Fsp3) is 0.370. The van der Waals surface area contributed by atoms with Gasteiger partial charge in [0.25, 0.3) is 0 Å². The van der Waals surface area contributed by atoms with Gasteiger partial charge in [-0.1, -0.05) is 42.5 Å². The molecule has 1 saturated carbocycles. The fourth-order valence-corrected chi connectivity index (χ4v) is 6.53. The molecule has 0 radical (unpaired) electrons. The van der Waals surface area contributed by atoms with Crippen LogP contribution in [-0.4, -0.2) is 54.0 Å². The van der Waals surface area contributed by atoms with Crippen LogP contribution in [0.1, 0.15) is 37.3 Å². The Bertz CT molecular complexity index is 1360. The van der Waals surface area contributed by atoms with E-state index >= 15 is 0 Å². The van der Waals surface area contributed by atoms with Crippen molar-refractivity contribution in [2.75, 3.05) is 13.1 Å². The fourth-order valence-electron chi connectivity index (χ4n) is 5.22. The molecule has 1 atom stereocenters. The summed E-state index contributed by atoms with van der Waals surface area (Å²) in [6.45, 7) is 0.434. The number of aromatic nitrogens is 2. The van der Waals surface area contributed by atoms with E-state index in [4.69, 9.17) is 0 Å². The van der Waals surface area contributed by atoms with E-state index in [9.17, 15) is 18.0 Å². The summed E-state index contributed by atoms with van der Waals surface area (Å²) in [5.41, 5.74) is 2.81. The molecule has 1 saturated heterocycles. The molecule has 0 bridgehead atoms. The molecule has 2 heterocycles. The number of nitrogens with one attached hydrogen (secondary N) is 2. The number of sulfonamides is 1. The molecule has 1 aromatic heterocycles. The Morgan fingerprint density at radius 2 is 1.70 bits per heavy atom. The van der Waals surface area contributed by atoms with Gasteiger partial charge in [0.1, 0.15) is 6.54 Å². The molecule has 194 valence electrons. The van der Waals surface area contributed by atoms with Crippen molar-refractivity contribution in [1.29, 1.82) is 0 Å². The number of rotatable bonds is 6. The van der Waals surface area contributed by atoms with Crippen molar-refractivity contribution in [2.45, 2.75) is 42.7 Å². The number of hydrogen-bond donors (Lipinski definition) is 2. The van der Waals surface area contributed by atoms with Gasteiger partial charge in [0.05, 0.1) is 17.1 Å². The molecule has 3 aromatic rings. The SMILES string of the molecule is Cn1cc(-c2ccc(S(=O)(=O)N[C@H]3CC[C@H](C(=O)N4CC(=O)NC[C@@H]4c4ccccc4)CC3)cc2)cn1. The number of piperazine rings is 1. The molecule has 2 fully saturated rings. The number of hydrogen-bond acceptors (Lipinski definition) is 5. The van der Waals surface area contributed by atoms with Crippen LogP contribution in [0.15, 0.2) is 71.9 Å². The smallest absolute Gasteiger partial charge is 0.240 e. The van der Waals surface area contributed by atoms with Gasteiger partial charge in [-0.25, -0.2) is 13.1 Å². The molecule has 37 heavy (non-hydrogen) atoms. The normalized spacial score (nSPS) is 22.5. The van der Waals surface area contributed by atoms with Crippen molar-refractivity contribution < 1.29 is 18.0 Å². The van der Waals surface area contributed by atoms with Crippen LogP contribution in [0.4, 0.5) is 0 Å². The average Bonchev–Trinajstić information content (AvgIpc) is 3.35. The van der Waals surface area contributed by atoms with Crippen LogP contribution in [0.5, 0.6) is 0 Å². The van der Waals surface area contributed by atoms with Crippen molar-refractivity contribution in [3.05, 3.63) is 72.6 Å². The van der Waals surface area contributed by atoms with E-state index in [-0.39, 0.29) is 41.3 Å². The first-order chi connectivity index (χ1) is 17.8. The minimum Gasteiger partial charge on any atom is -0.352 e. The van der Waals surface area contributed by atoms with Crippen molar-refractivity contribution in [2.24, 2.45) is 13.0 Å². The van der Waals surface area contributed by atoms with Gasteiger partial charge >= 0.3 is 0 Å². The van der Waals surface area contributed by atoms with E-state index in [0.717, 1.165) is 16.7 Å². The summed E-state index contributed by atoms with van der Waals surface area (Å²) >= 11 is 0. The number of amides is 2. The van der Waals surface area contributed by atoms with Gasteiger partial charge in [-0.15, -0.1) is 0 Å². The summed E-state index contributed by atoms with van der Waals surface area (Å²) in [5, 5.41) is 7.02. The van der Waals surface area contributed by atoms with Crippen molar-refractivity contribution in [1.82, 2.24) is 24.7 Å². The Labute approximate surface area is 216 Å². The molecule has 2 amide bonds. The van der Waals surface area contributed by atoms with Crippen LogP contribution in [0.25, 0.3) is 11.1 Å². The Kier molecular flexibility index (Phi) is 7.12. The lowest BCUT2D eigenvalue weighted by Crippen LogP contribution is -2.54. The molecule has 0 unspecified atom stereocenters. The summed E-state index contributed by atoms with van der Waals surface area (Å²) in [6.07, 6.45) is 5.90. The first-order valence-electron chi connectivity index (χ1n) is 12.5. The van der Waals surface area contributed by atoms with Crippen LogP contribution >= 0.6 is 0 Å². The third-order valence-electron chi connectivity index (χ3n) is 7.25. The van der Waals surface area contributed by atoms with E-state index in [2.05, 4.69) is 15.1 Å². The molecular weight excluding hydrogens is 490 g/mol. The highest BCUT2D eigenvalue weighted by atomic mass is 32.2. The highest BCUT2D eigenvalue weighted by Gasteiger charge is 2.37. The summed E-state index contributed by atoms with van der Waals surface area (Å²) < 4.78 is 30.5. The molecule has 2 aromatic carbocycles. The standard InChI is InChI=1S/C27H31N5O4S/c1-31-17-22(15-29-31)19-9-13-24(14-10-19)37(35,36)30-23-11-7-21(8-12-23)27(34)32-18-26(33)28-16-25(32)20-5-3-2-4-6-20/h2-6,9-10,13-15,17,21,23,25,30H,7-8,11-12,16,18H2,1H3,(H,28,33)/t21-,23-,25-/m1/s1. The van der Waals surface area contributed by atoms with E-state index in [1.54, 1.807) is 40.0 Å². The number of carbonyl (C=O) groups excluding carboxylic acids is 2. The summed E-state index contributed by atoms with van der Waals surface area (Å²) in [6, 6.07) is 16.0. The topological polar surface area (TPSA) is 113 Å². The largest absolute Gasteiger partial charge is 0.352 e. The average molecular weight is 522 g/mol. The van der Waals surface area contributed by atoms with Gasteiger partial charge in [-0.05, 0) is 48.9 Å². The quantitative estimate of drug-likeness (QED) is 0.518. The maximum atomic E-state index is 13.4. The minimum atomic E-state index is -3.68. The minimum absolute atomic E-state index is 0.0315. The molecule has 9 nitrogen and oxygen atoms in total. The Morgan fingerprint density at radius 3 is 2.35 bits per heavy atom. The van der Waals surface area contributed by atoms with Crippen molar-refractivity contribution in [3.63, 3.8) is 0 Å². The third-order valence-corrected chi connectivity index (χ3v) is 8.79. The lowest BCUT2D eigenvalue weighted by Gasteiger charge is -2.39. The Morgan fingerprint density at radius 1 is 1.00 bits per heavy atom. The zero-order valence-corrected chi connectivity index (χ0v) is 21.5. The number of nitrogens with zero attached hydrogens (tertiary/aromatic N) is 3. The highest BCUT2D eigenvalue weighted by Crippen LogP contribution is 2.31. The second-order valence-corrected chi connectivity index (χ2v) is 11.5. The van der Waals surface area contributed by atoms with Gasteiger partial charge in [0, 0.05) is 37.3 Å². The van der Waals surface area contributed by atoms with Gasteiger partial charge in [0.2, 0.25) is 21.8 Å². The lowest BCUT2D eigenvalue weighted by atomic mass is 9.85. The maximum absolute atomic E-state index is 13.4. The van der Waals surface area contributed by atoms with Crippen molar-refractivity contribution >= 4 is 21.8 Å². The lowest BCUT2D eigenvalue weighted by molar-refractivity contribution is -0.145. The van der Waals surface area contributed by atoms with Crippen LogP contribution < -0.4 is 10.0 Å². The van der Waals surface area contributed by atoms with Crippen molar-refractivity contribution in [3.8, 4) is 11.1 Å². The summed E-state index contributed by atoms with van der Waals surface area (Å²) in [5.74, 6) is -0.413. The maximum Gasteiger partial charge on any atom is 0.240 e. The van der Waals surface area contributed by atoms with Gasteiger partial charge in [-0.3, -0.25) is 14.3 Å². The molecule has 1 aliphatic heterocycles. The van der Waals surface area contributed by atoms with E-state index < -0.39 is 10.0 Å². The third kappa shape index (κ3) is 5.60. The van der Waals surface area contributed by atoms with Crippen LogP contribution in [0.2, 0.25) is 0 Å². The van der Waals surface area contributed by atoms with Gasteiger partial charge in [-0.2, -0.15) is 5.10 Å². The van der Waals surface area contributed by atoms with E-state index in [0.29, 0.717) is 32.2 Å². The predicted molar refractivity (Wildman–Crippen MR) is 139 cm³/mol. The molecule has 0 spiro atoms. The second-order valence-electron chi connectivity index (χ2n) is 9.79. The van der Waals surface area contributed by atoms with E-state index in [1.807, 2.05) is 43.6 Å². The molecule has 1 aliphatic carbocycles. The molecular formula is C27H31N5O4S. The molecule has 5 rings (SSSR count). The summed E-state index contributed by atoms with van der Waals surface area (Å²) in [4.78, 5) is 27.4. The van der Waals surface area contributed by atoms with Crippen LogP contribution in [-0.2, 0) is 26.7 Å². The van der Waals surface area contributed by atoms with E-state index in [1.165, 1.54) is 0 Å². The highest BCUT2D eigenvalue weighted by molar-refractivity contribution is 7.89. The number of benzene rings is 2. The molecule has 2 aliphatic rings. The predicted octanol–water partition coefficient (Wildman–Crippen LogP) is 2.62. The summed E-state index contributed by atoms with van der Waals surface area (Å²) in [7, 11) is -1.85. The zero-order chi connectivity index (χ0) is 26.0. The Hall–Kier alpha value is -3.50. The van der Waals surface area contributed by atoms with Crippen LogP contribution in [0, 0.1) is 5.92 Å². The zero-order valence-electron chi connectivity index (χ0n) is 20.7. The first kappa shape index (κ1) is 25.2. The first-order valence-corrected chi connectivity index (χ1v) is 14.0. The molecule has 10 heteroatoms. The van der Waals surface area contributed by atoms with Crippen LogP contribution in [0.3, 0.4) is 0 Å². The molecule has 2 N–H and O–H groups in total. The van der Waals surface area contributed by atoms with Gasteiger partial charge in [0.15, 0.2) is 0 Å². The monoisotopic (exact) mass is 521 g/mol. The second kappa shape index (κ2) is 10.5.